The van der Waals surface area contributed by atoms with Crippen LogP contribution in [0.5, 0.6) is 0 Å². The minimum absolute atomic E-state index is 0.0325. The SMILES string of the molecule is N#CC1CCCC(C#CC2CC(C(=O)Nc3cc(F)c(=O)n(CC(F)F)c3)SC2Cl)C1. The topological polar surface area (TPSA) is 74.9 Å². The average Bonchev–Trinajstić information content (AvgIpc) is 3.10. The summed E-state index contributed by atoms with van der Waals surface area (Å²) in [6, 6.07) is 3.11. The second-order valence-corrected chi connectivity index (χ2v) is 9.79. The highest BCUT2D eigenvalue weighted by atomic mass is 35.5. The molecule has 3 rings (SSSR count). The molecule has 0 aromatic carbocycles. The zero-order chi connectivity index (χ0) is 22.5. The summed E-state index contributed by atoms with van der Waals surface area (Å²) >= 11 is 7.59. The summed E-state index contributed by atoms with van der Waals surface area (Å²) in [5.74, 6) is 4.67. The Morgan fingerprint density at radius 3 is 2.77 bits per heavy atom. The molecule has 2 fully saturated rings. The van der Waals surface area contributed by atoms with E-state index in [-0.39, 0.29) is 23.4 Å². The number of aromatic nitrogens is 1. The van der Waals surface area contributed by atoms with Gasteiger partial charge >= 0.3 is 0 Å². The number of hydrogen-bond acceptors (Lipinski definition) is 4. The Morgan fingerprint density at radius 1 is 1.32 bits per heavy atom. The first-order chi connectivity index (χ1) is 14.8. The van der Waals surface area contributed by atoms with Crippen molar-refractivity contribution in [2.24, 2.45) is 17.8 Å². The summed E-state index contributed by atoms with van der Waals surface area (Å²) in [6.45, 7) is -0.965. The fourth-order valence-electron chi connectivity index (χ4n) is 3.78. The Labute approximate surface area is 187 Å². The maximum Gasteiger partial charge on any atom is 0.286 e. The first-order valence-electron chi connectivity index (χ1n) is 9.96. The minimum atomic E-state index is -2.84. The Bertz CT molecular complexity index is 985. The highest BCUT2D eigenvalue weighted by molar-refractivity contribution is 8.02. The van der Waals surface area contributed by atoms with Gasteiger partial charge in [0.05, 0.1) is 28.3 Å². The first kappa shape index (κ1) is 23.6. The van der Waals surface area contributed by atoms with Gasteiger partial charge in [0.25, 0.3) is 12.0 Å². The molecule has 166 valence electrons. The summed E-state index contributed by atoms with van der Waals surface area (Å²) in [5, 5.41) is 11.0. The predicted octanol–water partition coefficient (Wildman–Crippen LogP) is 4.21. The number of rotatable bonds is 4. The predicted molar refractivity (Wildman–Crippen MR) is 113 cm³/mol. The third kappa shape index (κ3) is 6.21. The fraction of sp³-hybridized carbons (Fsp3) is 0.571. The summed E-state index contributed by atoms with van der Waals surface area (Å²) in [6.07, 6.45) is 2.13. The van der Waals surface area contributed by atoms with Crippen molar-refractivity contribution < 1.29 is 18.0 Å². The van der Waals surface area contributed by atoms with Crippen molar-refractivity contribution in [2.45, 2.75) is 55.0 Å². The molecule has 2 aliphatic rings. The molecule has 5 atom stereocenters. The Hall–Kier alpha value is -2.10. The number of nitrogens with one attached hydrogen (secondary N) is 1. The van der Waals surface area contributed by atoms with E-state index in [1.54, 1.807) is 0 Å². The van der Waals surface area contributed by atoms with Gasteiger partial charge in [-0.25, -0.2) is 13.2 Å². The summed E-state index contributed by atoms with van der Waals surface area (Å²) in [4.78, 5) is 24.2. The van der Waals surface area contributed by atoms with Gasteiger partial charge in [-0.2, -0.15) is 5.26 Å². The monoisotopic (exact) mass is 471 g/mol. The van der Waals surface area contributed by atoms with Crippen LogP contribution in [0, 0.1) is 46.7 Å². The number of hydrogen-bond donors (Lipinski definition) is 1. The van der Waals surface area contributed by atoms with Crippen LogP contribution in [0.15, 0.2) is 17.1 Å². The molecule has 1 aromatic rings. The Kier molecular flexibility index (Phi) is 7.96. The van der Waals surface area contributed by atoms with E-state index < -0.39 is 40.2 Å². The van der Waals surface area contributed by atoms with Gasteiger partial charge in [0.2, 0.25) is 5.91 Å². The van der Waals surface area contributed by atoms with Crippen LogP contribution in [0.4, 0.5) is 18.9 Å². The van der Waals surface area contributed by atoms with Crippen molar-refractivity contribution in [3.63, 3.8) is 0 Å². The van der Waals surface area contributed by atoms with Gasteiger partial charge in [0, 0.05) is 30.0 Å². The van der Waals surface area contributed by atoms with Crippen LogP contribution in [0.3, 0.4) is 0 Å². The number of carbonyl (C=O) groups excluding carboxylic acids is 1. The van der Waals surface area contributed by atoms with Crippen molar-refractivity contribution in [1.82, 2.24) is 4.57 Å². The van der Waals surface area contributed by atoms with Crippen molar-refractivity contribution in [3.8, 4) is 17.9 Å². The lowest BCUT2D eigenvalue weighted by atomic mass is 9.82. The van der Waals surface area contributed by atoms with Crippen LogP contribution in [0.2, 0.25) is 0 Å². The number of pyridine rings is 1. The van der Waals surface area contributed by atoms with E-state index in [0.717, 1.165) is 37.9 Å². The lowest BCUT2D eigenvalue weighted by Crippen LogP contribution is -2.28. The highest BCUT2D eigenvalue weighted by Gasteiger charge is 2.37. The largest absolute Gasteiger partial charge is 0.324 e. The molecule has 0 radical (unpaired) electrons. The van der Waals surface area contributed by atoms with Crippen LogP contribution in [0.25, 0.3) is 0 Å². The number of nitrogens with zero attached hydrogens (tertiary/aromatic N) is 2. The lowest BCUT2D eigenvalue weighted by Gasteiger charge is -2.20. The molecule has 1 aromatic heterocycles. The number of alkyl halides is 3. The molecule has 1 N–H and O–H groups in total. The maximum atomic E-state index is 13.8. The zero-order valence-corrected chi connectivity index (χ0v) is 18.1. The van der Waals surface area contributed by atoms with Gasteiger partial charge < -0.3 is 9.88 Å². The van der Waals surface area contributed by atoms with Gasteiger partial charge in [0.1, 0.15) is 0 Å². The summed E-state index contributed by atoms with van der Waals surface area (Å²) in [7, 11) is 0. The van der Waals surface area contributed by atoms with Crippen LogP contribution < -0.4 is 10.9 Å². The van der Waals surface area contributed by atoms with Gasteiger partial charge in [0.15, 0.2) is 5.82 Å². The van der Waals surface area contributed by atoms with Gasteiger partial charge in [-0.1, -0.05) is 18.3 Å². The number of anilines is 1. The molecular formula is C21H21ClF3N3O2S. The van der Waals surface area contributed by atoms with E-state index in [1.807, 2.05) is 0 Å². The molecule has 1 aliphatic heterocycles. The maximum absolute atomic E-state index is 13.8. The molecule has 5 nitrogen and oxygen atoms in total. The molecule has 2 heterocycles. The third-order valence-electron chi connectivity index (χ3n) is 5.35. The highest BCUT2D eigenvalue weighted by Crippen LogP contribution is 2.41. The van der Waals surface area contributed by atoms with Crippen LogP contribution in [0.1, 0.15) is 32.1 Å². The molecule has 0 spiro atoms. The normalized spacial score (nSPS) is 27.9. The minimum Gasteiger partial charge on any atom is -0.324 e. The van der Waals surface area contributed by atoms with Crippen molar-refractivity contribution in [2.75, 3.05) is 5.32 Å². The zero-order valence-electron chi connectivity index (χ0n) is 16.5. The summed E-state index contributed by atoms with van der Waals surface area (Å²) in [5.41, 5.74) is -1.25. The quantitative estimate of drug-likeness (QED) is 0.527. The van der Waals surface area contributed by atoms with E-state index in [2.05, 4.69) is 23.2 Å². The smallest absolute Gasteiger partial charge is 0.286 e. The Balaban J connectivity index is 1.63. The molecule has 1 aliphatic carbocycles. The number of amides is 1. The van der Waals surface area contributed by atoms with Crippen molar-refractivity contribution >= 4 is 35.0 Å². The number of thioether (sulfide) groups is 1. The molecule has 10 heteroatoms. The van der Waals surface area contributed by atoms with E-state index in [0.29, 0.717) is 11.0 Å². The molecule has 31 heavy (non-hydrogen) atoms. The lowest BCUT2D eigenvalue weighted by molar-refractivity contribution is -0.115. The summed E-state index contributed by atoms with van der Waals surface area (Å²) < 4.78 is 39.1. The van der Waals surface area contributed by atoms with Gasteiger partial charge in [-0.3, -0.25) is 9.59 Å². The molecule has 1 saturated heterocycles. The number of halogens is 4. The standard InChI is InChI=1S/C21H21ClF3N3O2S/c22-19-14(5-4-12-2-1-3-13(6-12)9-26)7-17(31-19)20(29)27-15-8-16(23)21(30)28(10-15)11-18(24)25/h8,10,12-14,17-19H,1-3,6-7,11H2,(H,27,29). The van der Waals surface area contributed by atoms with Crippen LogP contribution in [-0.4, -0.2) is 26.9 Å². The van der Waals surface area contributed by atoms with E-state index in [1.165, 1.54) is 11.8 Å². The van der Waals surface area contributed by atoms with Gasteiger partial charge in [-0.15, -0.1) is 23.4 Å². The third-order valence-corrected chi connectivity index (χ3v) is 7.28. The fourth-order valence-corrected chi connectivity index (χ4v) is 5.50. The second kappa shape index (κ2) is 10.5. The average molecular weight is 472 g/mol. The van der Waals surface area contributed by atoms with Crippen molar-refractivity contribution in [1.29, 1.82) is 5.26 Å². The molecule has 5 unspecified atom stereocenters. The van der Waals surface area contributed by atoms with E-state index in [4.69, 9.17) is 16.9 Å². The molecule has 0 bridgehead atoms. The number of nitriles is 1. The first-order valence-corrected chi connectivity index (χ1v) is 11.3. The number of carbonyl (C=O) groups is 1. The van der Waals surface area contributed by atoms with E-state index in [9.17, 15) is 22.8 Å². The second-order valence-electron chi connectivity index (χ2n) is 7.71. The van der Waals surface area contributed by atoms with Crippen LogP contribution >= 0.6 is 23.4 Å². The molecule has 1 saturated carbocycles. The molecular weight excluding hydrogens is 451 g/mol. The Morgan fingerprint density at radius 2 is 2.06 bits per heavy atom. The molecule has 1 amide bonds. The van der Waals surface area contributed by atoms with Gasteiger partial charge in [-0.05, 0) is 25.7 Å². The van der Waals surface area contributed by atoms with Crippen molar-refractivity contribution in [3.05, 3.63) is 28.4 Å². The van der Waals surface area contributed by atoms with Crippen LogP contribution in [-0.2, 0) is 11.3 Å². The van der Waals surface area contributed by atoms with E-state index >= 15 is 0 Å².